The van der Waals surface area contributed by atoms with Crippen LogP contribution in [0, 0.1) is 0 Å². The van der Waals surface area contributed by atoms with Crippen LogP contribution < -0.4 is 0 Å². The molecule has 9 nitrogen and oxygen atoms in total. The zero-order valence-electron chi connectivity index (χ0n) is 15.9. The van der Waals surface area contributed by atoms with E-state index in [2.05, 4.69) is 35.2 Å². The molecule has 0 aromatic carbocycles. The Morgan fingerprint density at radius 1 is 0.933 bits per heavy atom. The number of pyridine rings is 3. The van der Waals surface area contributed by atoms with Crippen LogP contribution in [0.1, 0.15) is 0 Å². The van der Waals surface area contributed by atoms with Gasteiger partial charge in [-0.2, -0.15) is 10.2 Å². The molecule has 0 unspecified atom stereocenters. The molecule has 0 spiro atoms. The van der Waals surface area contributed by atoms with Crippen molar-refractivity contribution in [3.8, 4) is 33.9 Å². The lowest BCUT2D eigenvalue weighted by atomic mass is 10.1. The first kappa shape index (κ1) is 16.5. The molecule has 0 aliphatic heterocycles. The number of rotatable bonds is 3. The molecule has 0 saturated heterocycles. The summed E-state index contributed by atoms with van der Waals surface area (Å²) in [6.07, 6.45) is 9.01. The minimum atomic E-state index is 0.612. The minimum absolute atomic E-state index is 0.612. The molecule has 0 atom stereocenters. The van der Waals surface area contributed by atoms with Crippen molar-refractivity contribution in [2.75, 3.05) is 0 Å². The van der Waals surface area contributed by atoms with Gasteiger partial charge in [-0.1, -0.05) is 0 Å². The lowest BCUT2D eigenvalue weighted by Crippen LogP contribution is -1.87. The fourth-order valence-electron chi connectivity index (χ4n) is 3.57. The Bertz CT molecular complexity index is 1510. The number of aromatic amines is 2. The van der Waals surface area contributed by atoms with Crippen LogP contribution in [0.15, 0.2) is 61.3 Å². The van der Waals surface area contributed by atoms with Crippen LogP contribution in [-0.4, -0.2) is 44.9 Å². The quantitative estimate of drug-likeness (QED) is 0.477. The molecule has 0 fully saturated rings. The van der Waals surface area contributed by atoms with Crippen LogP contribution in [0.4, 0.5) is 0 Å². The molecular formula is C21H15N9. The maximum absolute atomic E-state index is 4.81. The van der Waals surface area contributed by atoms with Crippen LogP contribution in [-0.2, 0) is 7.05 Å². The molecular weight excluding hydrogens is 378 g/mol. The number of hydrogen-bond acceptors (Lipinski definition) is 6. The van der Waals surface area contributed by atoms with E-state index < -0.39 is 0 Å². The maximum Gasteiger partial charge on any atom is 0.178 e. The molecule has 0 aliphatic carbocycles. The smallest absolute Gasteiger partial charge is 0.178 e. The summed E-state index contributed by atoms with van der Waals surface area (Å²) >= 11 is 0. The second-order valence-electron chi connectivity index (χ2n) is 6.95. The number of hydrogen-bond donors (Lipinski definition) is 2. The molecule has 6 rings (SSSR count). The van der Waals surface area contributed by atoms with E-state index in [-0.39, 0.29) is 0 Å². The van der Waals surface area contributed by atoms with Crippen molar-refractivity contribution in [3.63, 3.8) is 0 Å². The Balaban J connectivity index is 1.52. The molecule has 6 aromatic rings. The molecule has 0 radical (unpaired) electrons. The van der Waals surface area contributed by atoms with Crippen molar-refractivity contribution in [2.24, 2.45) is 7.05 Å². The van der Waals surface area contributed by atoms with Crippen molar-refractivity contribution >= 4 is 22.2 Å². The van der Waals surface area contributed by atoms with Crippen LogP contribution in [0.2, 0.25) is 0 Å². The van der Waals surface area contributed by atoms with Gasteiger partial charge in [0.2, 0.25) is 0 Å². The van der Waals surface area contributed by atoms with Gasteiger partial charge >= 0.3 is 0 Å². The van der Waals surface area contributed by atoms with E-state index in [0.717, 1.165) is 38.9 Å². The second kappa shape index (κ2) is 6.31. The summed E-state index contributed by atoms with van der Waals surface area (Å²) in [5, 5.41) is 11.7. The Morgan fingerprint density at radius 2 is 1.83 bits per heavy atom. The van der Waals surface area contributed by atoms with E-state index in [4.69, 9.17) is 4.98 Å². The summed E-state index contributed by atoms with van der Waals surface area (Å²) in [6, 6.07) is 9.79. The van der Waals surface area contributed by atoms with E-state index in [0.29, 0.717) is 17.2 Å². The van der Waals surface area contributed by atoms with Gasteiger partial charge < -0.3 is 4.98 Å². The number of aryl methyl sites for hydroxylation is 1. The van der Waals surface area contributed by atoms with Gasteiger partial charge in [-0.3, -0.25) is 14.8 Å². The molecule has 30 heavy (non-hydrogen) atoms. The second-order valence-corrected chi connectivity index (χ2v) is 6.95. The number of nitrogens with zero attached hydrogens (tertiary/aromatic N) is 7. The maximum atomic E-state index is 4.81. The fraction of sp³-hybridized carbons (Fsp3) is 0.0476. The first-order chi connectivity index (χ1) is 14.8. The number of aromatic nitrogens is 9. The van der Waals surface area contributed by atoms with Gasteiger partial charge in [0.1, 0.15) is 5.52 Å². The molecule has 0 aliphatic rings. The number of imidazole rings is 1. The minimum Gasteiger partial charge on any atom is -0.335 e. The first-order valence-corrected chi connectivity index (χ1v) is 9.36. The van der Waals surface area contributed by atoms with Crippen LogP contribution in [0.3, 0.4) is 0 Å². The summed E-state index contributed by atoms with van der Waals surface area (Å²) in [5.41, 5.74) is 7.50. The third-order valence-electron chi connectivity index (χ3n) is 5.02. The zero-order chi connectivity index (χ0) is 20.1. The van der Waals surface area contributed by atoms with Crippen molar-refractivity contribution in [1.82, 2.24) is 44.9 Å². The first-order valence-electron chi connectivity index (χ1n) is 9.36. The number of fused-ring (bicyclic) bond motifs is 2. The van der Waals surface area contributed by atoms with E-state index in [9.17, 15) is 0 Å². The normalized spacial score (nSPS) is 11.5. The van der Waals surface area contributed by atoms with Gasteiger partial charge in [0.05, 0.1) is 22.9 Å². The van der Waals surface area contributed by atoms with Crippen LogP contribution >= 0.6 is 0 Å². The van der Waals surface area contributed by atoms with E-state index >= 15 is 0 Å². The van der Waals surface area contributed by atoms with Gasteiger partial charge in [-0.25, -0.2) is 15.0 Å². The highest BCUT2D eigenvalue weighted by Crippen LogP contribution is 2.30. The predicted octanol–water partition coefficient (Wildman–Crippen LogP) is 3.36. The van der Waals surface area contributed by atoms with Gasteiger partial charge in [0, 0.05) is 43.0 Å². The van der Waals surface area contributed by atoms with Gasteiger partial charge in [-0.15, -0.1) is 0 Å². The Kier molecular flexibility index (Phi) is 3.48. The topological polar surface area (TPSA) is 114 Å². The molecule has 9 heteroatoms. The van der Waals surface area contributed by atoms with Crippen molar-refractivity contribution in [2.45, 2.75) is 0 Å². The summed E-state index contributed by atoms with van der Waals surface area (Å²) in [5.74, 6) is 0.612. The van der Waals surface area contributed by atoms with Gasteiger partial charge in [0.25, 0.3) is 0 Å². The molecule has 2 N–H and O–H groups in total. The fourth-order valence-corrected chi connectivity index (χ4v) is 3.57. The average molecular weight is 393 g/mol. The van der Waals surface area contributed by atoms with E-state index in [1.807, 2.05) is 43.6 Å². The zero-order valence-corrected chi connectivity index (χ0v) is 15.9. The SMILES string of the molecule is Cn1cc(-c2ccc3[nH]nc(-c4nc5nccc(-c6ccncc6)c5[nH]4)c3n2)cn1. The molecule has 6 aromatic heterocycles. The highest BCUT2D eigenvalue weighted by Gasteiger charge is 2.17. The summed E-state index contributed by atoms with van der Waals surface area (Å²) in [7, 11) is 1.88. The van der Waals surface area contributed by atoms with Gasteiger partial charge in [-0.05, 0) is 35.9 Å². The Morgan fingerprint density at radius 3 is 2.67 bits per heavy atom. The Hall–Kier alpha value is -4.40. The van der Waals surface area contributed by atoms with Crippen molar-refractivity contribution < 1.29 is 0 Å². The largest absolute Gasteiger partial charge is 0.335 e. The Labute approximate surface area is 169 Å². The number of nitrogens with one attached hydrogen (secondary N) is 2. The third-order valence-corrected chi connectivity index (χ3v) is 5.02. The van der Waals surface area contributed by atoms with E-state index in [1.54, 1.807) is 29.5 Å². The highest BCUT2D eigenvalue weighted by atomic mass is 15.2. The van der Waals surface area contributed by atoms with Gasteiger partial charge in [0.15, 0.2) is 17.2 Å². The third kappa shape index (κ3) is 2.56. The highest BCUT2D eigenvalue weighted by molar-refractivity contribution is 5.94. The standard InChI is InChI=1S/C21H15N9/c1-30-11-13(10-24-30)15-2-3-16-18(25-15)19(29-28-16)21-26-17-14(6-9-23-20(17)27-21)12-4-7-22-8-5-12/h2-11H,1H3,(H,28,29)(H,23,26,27). The van der Waals surface area contributed by atoms with Crippen molar-refractivity contribution in [3.05, 3.63) is 61.3 Å². The van der Waals surface area contributed by atoms with Crippen LogP contribution in [0.5, 0.6) is 0 Å². The average Bonchev–Trinajstić information content (AvgIpc) is 3.50. The molecule has 144 valence electrons. The molecule has 0 saturated carbocycles. The molecule has 0 amide bonds. The monoisotopic (exact) mass is 393 g/mol. The molecule has 0 bridgehead atoms. The van der Waals surface area contributed by atoms with Crippen LogP contribution in [0.25, 0.3) is 56.1 Å². The number of H-pyrrole nitrogens is 2. The summed E-state index contributed by atoms with van der Waals surface area (Å²) < 4.78 is 1.75. The lowest BCUT2D eigenvalue weighted by molar-refractivity contribution is 0.768. The summed E-state index contributed by atoms with van der Waals surface area (Å²) in [4.78, 5) is 21.4. The predicted molar refractivity (Wildman–Crippen MR) is 112 cm³/mol. The summed E-state index contributed by atoms with van der Waals surface area (Å²) in [6.45, 7) is 0. The molecule has 6 heterocycles. The van der Waals surface area contributed by atoms with Crippen molar-refractivity contribution in [1.29, 1.82) is 0 Å². The van der Waals surface area contributed by atoms with E-state index in [1.165, 1.54) is 0 Å². The lowest BCUT2D eigenvalue weighted by Gasteiger charge is -2.01.